The number of hydrogen-bond donors (Lipinski definition) is 1. The van der Waals surface area contributed by atoms with Crippen LogP contribution in [0.2, 0.25) is 0 Å². The predicted octanol–water partition coefficient (Wildman–Crippen LogP) is 5.34. The molecule has 0 unspecified atom stereocenters. The molecule has 208 valence electrons. The normalized spacial score (nSPS) is 11.8. The van der Waals surface area contributed by atoms with E-state index < -0.39 is 45.5 Å². The summed E-state index contributed by atoms with van der Waals surface area (Å²) in [6.45, 7) is -0.458. The number of benzene rings is 3. The summed E-state index contributed by atoms with van der Waals surface area (Å²) in [5.74, 6) is -3.00. The second-order valence-corrected chi connectivity index (χ2v) is 11.2. The molecular weight excluding hydrogens is 547 g/mol. The maximum atomic E-state index is 14.5. The number of nitrogens with zero attached hydrogens (tertiary/aromatic N) is 3. The molecule has 5 rings (SSSR count). The lowest BCUT2D eigenvalue weighted by atomic mass is 10.1. The second kappa shape index (κ2) is 10.3. The molecule has 0 atom stereocenters. The highest BCUT2D eigenvalue weighted by Crippen LogP contribution is 2.47. The number of aromatic nitrogens is 2. The fourth-order valence-corrected chi connectivity index (χ4v) is 5.06. The molecule has 2 heterocycles. The maximum absolute atomic E-state index is 14.5. The molecule has 0 spiro atoms. The van der Waals surface area contributed by atoms with Gasteiger partial charge in [0.1, 0.15) is 35.3 Å². The first-order valence-corrected chi connectivity index (χ1v) is 13.8. The van der Waals surface area contributed by atoms with Crippen LogP contribution in [0.25, 0.3) is 21.7 Å². The molecule has 40 heavy (non-hydrogen) atoms. The van der Waals surface area contributed by atoms with Gasteiger partial charge in [0.2, 0.25) is 15.9 Å². The number of halogens is 3. The number of hydrogen-bond acceptors (Lipinski definition) is 6. The molecule has 0 aliphatic heterocycles. The van der Waals surface area contributed by atoms with Crippen molar-refractivity contribution in [3.63, 3.8) is 0 Å². The van der Waals surface area contributed by atoms with Crippen molar-refractivity contribution in [1.82, 2.24) is 9.55 Å². The lowest BCUT2D eigenvalue weighted by Gasteiger charge is -2.21. The van der Waals surface area contributed by atoms with E-state index in [0.29, 0.717) is 23.3 Å². The van der Waals surface area contributed by atoms with Crippen molar-refractivity contribution in [3.8, 4) is 17.4 Å². The lowest BCUT2D eigenvalue weighted by molar-refractivity contribution is 0.311. The zero-order valence-corrected chi connectivity index (χ0v) is 22.5. The van der Waals surface area contributed by atoms with Gasteiger partial charge in [0, 0.05) is 47.9 Å². The Bertz CT molecular complexity index is 1830. The van der Waals surface area contributed by atoms with Crippen molar-refractivity contribution in [2.45, 2.75) is 13.2 Å². The molecule has 1 N–H and O–H groups in total. The van der Waals surface area contributed by atoms with E-state index in [0.717, 1.165) is 20.7 Å². The van der Waals surface area contributed by atoms with Crippen LogP contribution in [0.1, 0.15) is 11.1 Å². The number of rotatable bonds is 8. The van der Waals surface area contributed by atoms with Crippen molar-refractivity contribution < 1.29 is 36.2 Å². The van der Waals surface area contributed by atoms with Gasteiger partial charge in [-0.1, -0.05) is 12.1 Å². The highest BCUT2D eigenvalue weighted by molar-refractivity contribution is 7.92. The highest BCUT2D eigenvalue weighted by Gasteiger charge is 2.27. The third-order valence-corrected chi connectivity index (χ3v) is 7.78. The van der Waals surface area contributed by atoms with Crippen molar-refractivity contribution >= 4 is 37.4 Å². The Morgan fingerprint density at radius 2 is 1.73 bits per heavy atom. The Morgan fingerprint density at radius 3 is 2.35 bits per heavy atom. The molecule has 0 saturated carbocycles. The second-order valence-electron chi connectivity index (χ2n) is 9.16. The van der Waals surface area contributed by atoms with Gasteiger partial charge >= 0.3 is 0 Å². The van der Waals surface area contributed by atoms with Crippen LogP contribution in [0.4, 0.5) is 18.9 Å². The number of aromatic hydroxyl groups is 1. The van der Waals surface area contributed by atoms with Crippen LogP contribution in [0.5, 0.6) is 17.4 Å². The average Bonchev–Trinajstić information content (AvgIpc) is 3.23. The standard InChI is InChI=1S/C28H24F3N3O5S/c1-33(40(3,36)37)26-19-5-4-10-32-25(19)27(39-15-16-6-8-18(38-2)9-7-16)24-21(26)14-34(28(24)35)13-20-22(30)11-17(29)12-23(20)31/h4-12,14,35H,13,15H2,1-3H3. The van der Waals surface area contributed by atoms with Crippen LogP contribution in [0, 0.1) is 17.5 Å². The Kier molecular flexibility index (Phi) is 6.96. The molecule has 8 nitrogen and oxygen atoms in total. The molecule has 12 heteroatoms. The van der Waals surface area contributed by atoms with Crippen molar-refractivity contribution in [2.75, 3.05) is 24.7 Å². The molecule has 5 aromatic rings. The first kappa shape index (κ1) is 27.1. The number of fused-ring (bicyclic) bond motifs is 2. The number of anilines is 1. The van der Waals surface area contributed by atoms with Crippen molar-refractivity contribution in [1.29, 1.82) is 0 Å². The number of ether oxygens (including phenoxy) is 2. The van der Waals surface area contributed by atoms with E-state index in [1.165, 1.54) is 19.4 Å². The molecule has 0 saturated heterocycles. The summed E-state index contributed by atoms with van der Waals surface area (Å²) in [6.07, 6.45) is 3.89. The minimum Gasteiger partial charge on any atom is -0.497 e. The predicted molar refractivity (Wildman–Crippen MR) is 145 cm³/mol. The van der Waals surface area contributed by atoms with Gasteiger partial charge in [-0.3, -0.25) is 9.29 Å². The fraction of sp³-hybridized carbons (Fsp3) is 0.179. The Labute approximate surface area is 227 Å². The third kappa shape index (κ3) is 4.86. The largest absolute Gasteiger partial charge is 0.497 e. The van der Waals surface area contributed by atoms with E-state index in [1.807, 2.05) is 0 Å². The van der Waals surface area contributed by atoms with Gasteiger partial charge in [0.05, 0.1) is 31.0 Å². The quantitative estimate of drug-likeness (QED) is 0.270. The number of methoxy groups -OCH3 is 1. The molecule has 2 aromatic heterocycles. The van der Waals surface area contributed by atoms with Crippen LogP contribution in [-0.2, 0) is 23.2 Å². The SMILES string of the molecule is COc1ccc(COc2c3ncccc3c(N(C)S(C)(=O)=O)c3cn(Cc4c(F)cc(F)cc4F)c(O)c23)cc1. The number of pyridine rings is 1. The van der Waals surface area contributed by atoms with E-state index in [4.69, 9.17) is 9.47 Å². The summed E-state index contributed by atoms with van der Waals surface area (Å²) in [6, 6.07) is 11.5. The van der Waals surface area contributed by atoms with Gasteiger partial charge in [-0.05, 0) is 29.8 Å². The summed E-state index contributed by atoms with van der Waals surface area (Å²) in [4.78, 5) is 4.42. The van der Waals surface area contributed by atoms with Crippen LogP contribution < -0.4 is 13.8 Å². The van der Waals surface area contributed by atoms with Gasteiger partial charge in [0.15, 0.2) is 5.75 Å². The molecular formula is C28H24F3N3O5S. The van der Waals surface area contributed by atoms with Gasteiger partial charge in [-0.15, -0.1) is 0 Å². The van der Waals surface area contributed by atoms with Crippen LogP contribution >= 0.6 is 0 Å². The minimum atomic E-state index is -3.79. The summed E-state index contributed by atoms with van der Waals surface area (Å²) in [5.41, 5.74) is 0.732. The summed E-state index contributed by atoms with van der Waals surface area (Å²) >= 11 is 0. The summed E-state index contributed by atoms with van der Waals surface area (Å²) < 4.78 is 81.3. The zero-order valence-electron chi connectivity index (χ0n) is 21.7. The van der Waals surface area contributed by atoms with E-state index in [-0.39, 0.29) is 34.3 Å². The molecule has 0 amide bonds. The van der Waals surface area contributed by atoms with Gasteiger partial charge < -0.3 is 19.1 Å². The van der Waals surface area contributed by atoms with Gasteiger partial charge in [0.25, 0.3) is 0 Å². The van der Waals surface area contributed by atoms with Crippen LogP contribution in [-0.4, -0.2) is 43.5 Å². The maximum Gasteiger partial charge on any atom is 0.232 e. The van der Waals surface area contributed by atoms with E-state index in [9.17, 15) is 26.7 Å². The number of sulfonamides is 1. The van der Waals surface area contributed by atoms with Crippen LogP contribution in [0.15, 0.2) is 60.9 Å². The molecule has 0 aliphatic rings. The van der Waals surface area contributed by atoms with Crippen molar-refractivity contribution in [3.05, 3.63) is 89.5 Å². The molecule has 3 aromatic carbocycles. The topological polar surface area (TPSA) is 93.9 Å². The Hall–Kier alpha value is -4.45. The fourth-order valence-electron chi connectivity index (χ4n) is 4.53. The Balaban J connectivity index is 1.75. The van der Waals surface area contributed by atoms with E-state index in [1.54, 1.807) is 43.5 Å². The van der Waals surface area contributed by atoms with Gasteiger partial charge in [-0.25, -0.2) is 21.6 Å². The summed E-state index contributed by atoms with van der Waals surface area (Å²) in [7, 11) is -0.897. The Morgan fingerprint density at radius 1 is 1.05 bits per heavy atom. The lowest BCUT2D eigenvalue weighted by Crippen LogP contribution is -2.25. The zero-order chi connectivity index (χ0) is 28.8. The molecule has 0 aliphatic carbocycles. The van der Waals surface area contributed by atoms with Gasteiger partial charge in [-0.2, -0.15) is 0 Å². The average molecular weight is 572 g/mol. The molecule has 0 fully saturated rings. The summed E-state index contributed by atoms with van der Waals surface area (Å²) in [5, 5.41) is 12.1. The highest BCUT2D eigenvalue weighted by atomic mass is 32.2. The molecule has 0 radical (unpaired) electrons. The van der Waals surface area contributed by atoms with Crippen molar-refractivity contribution in [2.24, 2.45) is 0 Å². The van der Waals surface area contributed by atoms with E-state index >= 15 is 0 Å². The first-order chi connectivity index (χ1) is 19.0. The minimum absolute atomic E-state index is 0.0534. The van der Waals surface area contributed by atoms with E-state index in [2.05, 4.69) is 4.98 Å². The smallest absolute Gasteiger partial charge is 0.232 e. The van der Waals surface area contributed by atoms with Crippen LogP contribution in [0.3, 0.4) is 0 Å². The first-order valence-electron chi connectivity index (χ1n) is 11.9. The third-order valence-electron chi connectivity index (χ3n) is 6.60. The monoisotopic (exact) mass is 571 g/mol. The molecule has 0 bridgehead atoms.